The molecule has 0 radical (unpaired) electrons. The van der Waals surface area contributed by atoms with Crippen LogP contribution in [0.2, 0.25) is 0 Å². The summed E-state index contributed by atoms with van der Waals surface area (Å²) >= 11 is 2.77. The molecule has 0 spiro atoms. The third-order valence-electron chi connectivity index (χ3n) is 23.4. The summed E-state index contributed by atoms with van der Waals surface area (Å²) in [5.74, 6) is -10.1. The van der Waals surface area contributed by atoms with Crippen LogP contribution in [0.25, 0.3) is 10.9 Å². The summed E-state index contributed by atoms with van der Waals surface area (Å²) in [5, 5.41) is 37.4. The van der Waals surface area contributed by atoms with Crippen LogP contribution in [0.1, 0.15) is 164 Å². The highest BCUT2D eigenvalue weighted by atomic mass is 32.2. The van der Waals surface area contributed by atoms with Crippen LogP contribution in [-0.2, 0) is 79.7 Å². The number of aliphatic carboxylic acids is 1. The first-order valence-corrected chi connectivity index (χ1v) is 48.3. The summed E-state index contributed by atoms with van der Waals surface area (Å²) in [6, 6.07) is 79.2. The van der Waals surface area contributed by atoms with Gasteiger partial charge in [-0.2, -0.15) is 11.8 Å². The molecule has 12 N–H and O–H groups in total. The topological polar surface area (TPSA) is 366 Å². The zero-order chi connectivity index (χ0) is 97.9. The van der Waals surface area contributed by atoms with Crippen molar-refractivity contribution < 1.29 is 67.3 Å². The molecule has 9 amide bonds. The fourth-order valence-electron chi connectivity index (χ4n) is 17.0. The van der Waals surface area contributed by atoms with Gasteiger partial charge in [0, 0.05) is 30.2 Å². The van der Waals surface area contributed by atoms with Gasteiger partial charge < -0.3 is 68.2 Å². The lowest BCUT2D eigenvalue weighted by molar-refractivity contribution is -0.143. The molecule has 136 heavy (non-hydrogen) atoms. The van der Waals surface area contributed by atoms with Gasteiger partial charge in [-0.15, -0.1) is 11.8 Å². The van der Waals surface area contributed by atoms with Gasteiger partial charge in [0.2, 0.25) is 53.2 Å². The number of nitrogens with one attached hydrogen (secondary N) is 9. The molecule has 712 valence electrons. The molecule has 1 aromatic heterocycles. The van der Waals surface area contributed by atoms with E-state index in [-0.39, 0.29) is 30.3 Å². The molecular formula is C109H125N11O14S2. The monoisotopic (exact) mass is 1880 g/mol. The van der Waals surface area contributed by atoms with Gasteiger partial charge in [-0.1, -0.05) is 319 Å². The van der Waals surface area contributed by atoms with E-state index in [2.05, 4.69) is 47.9 Å². The maximum Gasteiger partial charge on any atom is 0.419 e. The number of ether oxygens (including phenoxy) is 2. The van der Waals surface area contributed by atoms with E-state index in [1.54, 1.807) is 107 Å². The quantitative estimate of drug-likeness (QED) is 0.0158. The first-order valence-electron chi connectivity index (χ1n) is 45.9. The number of carboxylic acid groups (broad SMARTS) is 1. The van der Waals surface area contributed by atoms with Gasteiger partial charge in [-0.3, -0.25) is 47.7 Å². The average Bonchev–Trinajstić information content (AvgIpc) is 1.24. The van der Waals surface area contributed by atoms with Crippen molar-refractivity contribution >= 4 is 99.7 Å². The van der Waals surface area contributed by atoms with Gasteiger partial charge in [0.25, 0.3) is 0 Å². The van der Waals surface area contributed by atoms with E-state index in [1.807, 2.05) is 273 Å². The van der Waals surface area contributed by atoms with Crippen LogP contribution in [0.15, 0.2) is 303 Å². The average molecular weight is 1880 g/mol. The fourth-order valence-corrected chi connectivity index (χ4v) is 19.0. The van der Waals surface area contributed by atoms with E-state index in [0.29, 0.717) is 49.8 Å². The number of nitrogens with two attached hydrogens (primary N) is 1. The molecule has 9 atom stereocenters. The summed E-state index contributed by atoms with van der Waals surface area (Å²) in [5.41, 5.74) is 9.77. The molecule has 0 aliphatic rings. The minimum atomic E-state index is -1.87. The lowest BCUT2D eigenvalue weighted by Gasteiger charge is -2.37. The van der Waals surface area contributed by atoms with Crippen molar-refractivity contribution in [3.63, 3.8) is 0 Å². The minimum absolute atomic E-state index is 0.00638. The number of carbonyl (C=O) groups is 11. The zero-order valence-corrected chi connectivity index (χ0v) is 80.6. The maximum absolute atomic E-state index is 16.1. The largest absolute Gasteiger partial charge is 0.480 e. The van der Waals surface area contributed by atoms with Crippen LogP contribution in [0.3, 0.4) is 0 Å². The Balaban J connectivity index is 0.940. The Kier molecular flexibility index (Phi) is 36.1. The second-order valence-electron chi connectivity index (χ2n) is 36.7. The lowest BCUT2D eigenvalue weighted by Crippen LogP contribution is -2.62. The Bertz CT molecular complexity index is 5550. The summed E-state index contributed by atoms with van der Waals surface area (Å²) in [7, 11) is 0. The number of benzene rings is 10. The van der Waals surface area contributed by atoms with Crippen LogP contribution in [0, 0.1) is 11.8 Å². The van der Waals surface area contributed by atoms with E-state index in [1.165, 1.54) is 34.3 Å². The van der Waals surface area contributed by atoms with Gasteiger partial charge >= 0.3 is 12.1 Å². The molecule has 1 heterocycles. The number of fused-ring (bicyclic) bond motifs is 1. The normalized spacial score (nSPS) is 13.9. The summed E-state index contributed by atoms with van der Waals surface area (Å²) in [6.07, 6.45) is -0.945. The second kappa shape index (κ2) is 47.6. The van der Waals surface area contributed by atoms with Crippen LogP contribution < -0.4 is 53.6 Å². The van der Waals surface area contributed by atoms with Crippen molar-refractivity contribution in [1.29, 1.82) is 0 Å². The summed E-state index contributed by atoms with van der Waals surface area (Å²) in [4.78, 5) is 168. The summed E-state index contributed by atoms with van der Waals surface area (Å²) in [6.45, 7) is 18.8. The number of nitrogens with zero attached hydrogens (tertiary/aromatic N) is 1. The van der Waals surface area contributed by atoms with Gasteiger partial charge in [0.05, 0.1) is 34.4 Å². The number of thioether (sulfide) groups is 2. The molecule has 25 nitrogen and oxygen atoms in total. The lowest BCUT2D eigenvalue weighted by atomic mass is 9.77. The molecule has 0 saturated heterocycles. The Hall–Kier alpha value is -13.5. The number of carboxylic acids is 1. The SMILES string of the molecule is CSCC[C@H](NC(=O)[C@H](CC(=O)NC(c1ccccc1)(c1ccccc1)c1ccccc1)NC(=O)[C@@H](NC(=O)[C@@H](N)CSC(c1ccccc1)(c1ccccc1)c1ccccc1)[C@@H](C)OC(C)(C)C)C(=O)N[C@@H](CC(C)C)C(=O)N[C@@H](Cc1cn(C(=O)OC(C)(C)C)c2ccccc12)C(=O)N[C@@H](CCC(=O)NC(c1ccccc1)(c1ccccc1)c1ccccc1)C(=O)N[C@H](C(=O)O)C(C)C. The molecular weight excluding hydrogens is 1750 g/mol. The predicted molar refractivity (Wildman–Crippen MR) is 534 cm³/mol. The second-order valence-corrected chi connectivity index (χ2v) is 38.9. The third-order valence-corrected chi connectivity index (χ3v) is 25.7. The third kappa shape index (κ3) is 26.6. The highest BCUT2D eigenvalue weighted by molar-refractivity contribution is 8.00. The van der Waals surface area contributed by atoms with Crippen molar-refractivity contribution in [2.45, 2.75) is 196 Å². The number of rotatable bonds is 44. The van der Waals surface area contributed by atoms with Crippen LogP contribution in [0.4, 0.5) is 4.79 Å². The number of amides is 9. The van der Waals surface area contributed by atoms with Crippen molar-refractivity contribution in [1.82, 2.24) is 52.4 Å². The van der Waals surface area contributed by atoms with Gasteiger partial charge in [-0.25, -0.2) is 9.59 Å². The standard InChI is InChI=1S/C109H125N11O14S2/c1-71(2)66-88(99(126)114-89(67-74-69-120(104(132)134-106(9,10)11)91-61-41-40-60-84(74)91)100(127)111-86(98(125)116-94(72(3)4)103(130)131)62-63-92(121)118-107(75-42-22-13-23-43-75,76-44-24-14-25-45-76)77-46-26-15-27-47-77)113-97(124)87(64-65-135-12)112-101(128)90(68-93(122)119-108(78-48-28-16-29-49-78,79-50-30-17-31-51-79)80-52-32-18-33-53-80)115-102(129)95(73(5)133-105(6,7)8)117-96(123)85(110)70-136-109(81-54-34-19-35-55-81,82-56-36-20-37-57-82)83-58-38-21-39-59-83/h13-61,69,71-73,85-90,94-95H,62-68,70,110H2,1-12H3,(H,111,127)(H,112,128)(H,113,124)(H,114,126)(H,115,129)(H,116,125)(H,117,123)(H,118,121)(H,119,122)(H,130,131)/t73-,85+,86+,87+,88+,89+,90+,94+,95+/m1/s1. The Morgan fingerprint density at radius 2 is 0.750 bits per heavy atom. The predicted octanol–water partition coefficient (Wildman–Crippen LogP) is 14.5. The van der Waals surface area contributed by atoms with E-state index in [0.717, 1.165) is 16.7 Å². The molecule has 0 saturated carbocycles. The molecule has 0 unspecified atom stereocenters. The number of para-hydroxylation sites is 1. The van der Waals surface area contributed by atoms with Gasteiger partial charge in [0.15, 0.2) is 0 Å². The highest BCUT2D eigenvalue weighted by Gasteiger charge is 2.45. The number of hydrogen-bond donors (Lipinski definition) is 11. The highest BCUT2D eigenvalue weighted by Crippen LogP contribution is 2.49. The van der Waals surface area contributed by atoms with E-state index >= 15 is 43.2 Å². The van der Waals surface area contributed by atoms with Gasteiger partial charge in [-0.05, 0) is 153 Å². The zero-order valence-electron chi connectivity index (χ0n) is 79.0. The summed E-state index contributed by atoms with van der Waals surface area (Å²) < 4.78 is 12.7. The van der Waals surface area contributed by atoms with E-state index in [4.69, 9.17) is 15.2 Å². The van der Waals surface area contributed by atoms with Gasteiger partial charge in [0.1, 0.15) is 59.0 Å². The molecule has 0 fully saturated rings. The fraction of sp³-hybridized carbons (Fsp3) is 0.330. The molecule has 10 aromatic carbocycles. The Morgan fingerprint density at radius 1 is 0.397 bits per heavy atom. The van der Waals surface area contributed by atoms with Crippen LogP contribution >= 0.6 is 23.5 Å². The first-order chi connectivity index (χ1) is 65.0. The number of hydrogen-bond acceptors (Lipinski definition) is 16. The Morgan fingerprint density at radius 3 is 1.15 bits per heavy atom. The maximum atomic E-state index is 16.1. The van der Waals surface area contributed by atoms with Crippen molar-refractivity contribution in [3.8, 4) is 0 Å². The molecule has 27 heteroatoms. The first kappa shape index (κ1) is 103. The molecule has 0 bridgehead atoms. The molecule has 0 aliphatic carbocycles. The smallest absolute Gasteiger partial charge is 0.419 e. The van der Waals surface area contributed by atoms with E-state index in [9.17, 15) is 14.7 Å². The van der Waals surface area contributed by atoms with Crippen molar-refractivity contribution in [2.75, 3.05) is 17.8 Å². The molecule has 11 aromatic rings. The van der Waals surface area contributed by atoms with Crippen molar-refractivity contribution in [3.05, 3.63) is 359 Å². The number of aromatic nitrogens is 1. The number of carbonyl (C=O) groups excluding carboxylic acids is 10. The van der Waals surface area contributed by atoms with E-state index < -0.39 is 178 Å². The van der Waals surface area contributed by atoms with Crippen molar-refractivity contribution in [2.24, 2.45) is 17.6 Å². The van der Waals surface area contributed by atoms with Crippen LogP contribution in [-0.4, -0.2) is 158 Å². The minimum Gasteiger partial charge on any atom is -0.480 e. The molecule has 0 aliphatic heterocycles. The molecule has 11 rings (SSSR count). The van der Waals surface area contributed by atoms with Crippen LogP contribution in [0.5, 0.6) is 0 Å². The Labute approximate surface area is 805 Å².